The monoisotopic (exact) mass is 620 g/mol. The zero-order chi connectivity index (χ0) is 28.2. The van der Waals surface area contributed by atoms with E-state index in [1.54, 1.807) is 22.7 Å². The van der Waals surface area contributed by atoms with E-state index < -0.39 is 11.7 Å². The van der Waals surface area contributed by atoms with Crippen LogP contribution in [0.25, 0.3) is 0 Å². The van der Waals surface area contributed by atoms with Gasteiger partial charge in [0.05, 0.1) is 29.6 Å². The third kappa shape index (κ3) is 6.15. The van der Waals surface area contributed by atoms with Crippen molar-refractivity contribution >= 4 is 45.2 Å². The van der Waals surface area contributed by atoms with E-state index >= 15 is 0 Å². The molecule has 1 atom stereocenters. The summed E-state index contributed by atoms with van der Waals surface area (Å²) in [5, 5.41) is 17.8. The van der Waals surface area contributed by atoms with Gasteiger partial charge < -0.3 is 9.88 Å². The van der Waals surface area contributed by atoms with Gasteiger partial charge in [0, 0.05) is 17.9 Å². The van der Waals surface area contributed by atoms with E-state index in [0.717, 1.165) is 26.9 Å². The van der Waals surface area contributed by atoms with Crippen molar-refractivity contribution in [1.29, 1.82) is 0 Å². The first-order valence-corrected chi connectivity index (χ1v) is 14.3. The van der Waals surface area contributed by atoms with Gasteiger partial charge in [0.25, 0.3) is 11.8 Å². The molecule has 40 heavy (non-hydrogen) atoms. The zero-order valence-electron chi connectivity index (χ0n) is 21.8. The Bertz CT molecular complexity index is 1570. The van der Waals surface area contributed by atoms with E-state index in [-0.39, 0.29) is 29.8 Å². The highest BCUT2D eigenvalue weighted by Crippen LogP contribution is 2.34. The van der Waals surface area contributed by atoms with Crippen LogP contribution in [0.5, 0.6) is 0 Å². The number of amides is 2. The average Bonchev–Trinajstić information content (AvgIpc) is 3.55. The number of rotatable bonds is 8. The topological polar surface area (TPSA) is 92.5 Å². The molecule has 0 aliphatic carbocycles. The van der Waals surface area contributed by atoms with Gasteiger partial charge >= 0.3 is 0 Å². The van der Waals surface area contributed by atoms with Gasteiger partial charge in [-0.15, -0.1) is 10.2 Å². The Kier molecular flexibility index (Phi) is 8.41. The second kappa shape index (κ2) is 12.1. The second-order valence-corrected chi connectivity index (χ2v) is 11.2. The Morgan fingerprint density at radius 2 is 1.77 bits per heavy atom. The third-order valence-corrected chi connectivity index (χ3v) is 8.11. The first kappa shape index (κ1) is 27.7. The van der Waals surface area contributed by atoms with Crippen LogP contribution in [0.15, 0.2) is 87.5 Å². The van der Waals surface area contributed by atoms with E-state index in [1.165, 1.54) is 30.0 Å². The SMILES string of the molecule is Cc1ccc(C2CC(c3ccc(Br)cc3)=NN2C(=O)CSc2nnc(CNC(=O)c3ccccc3F)n2C)cc1. The summed E-state index contributed by atoms with van der Waals surface area (Å²) in [6.07, 6.45) is 0.608. The number of hydrogen-bond acceptors (Lipinski definition) is 6. The summed E-state index contributed by atoms with van der Waals surface area (Å²) < 4.78 is 16.6. The number of halogens is 2. The van der Waals surface area contributed by atoms with E-state index in [1.807, 2.05) is 55.5 Å². The fourth-order valence-electron chi connectivity index (χ4n) is 4.32. The molecule has 0 bridgehead atoms. The van der Waals surface area contributed by atoms with E-state index in [0.29, 0.717) is 17.4 Å². The third-order valence-electron chi connectivity index (χ3n) is 6.58. The molecule has 3 aromatic carbocycles. The Balaban J connectivity index is 1.27. The Hall–Kier alpha value is -3.83. The van der Waals surface area contributed by atoms with Crippen molar-refractivity contribution in [2.75, 3.05) is 5.75 Å². The van der Waals surface area contributed by atoms with Crippen LogP contribution in [0.3, 0.4) is 0 Å². The Morgan fingerprint density at radius 3 is 2.50 bits per heavy atom. The standard InChI is InChI=1S/C29H26BrFN6O2S/c1-18-7-9-20(10-8-18)25-15-24(19-11-13-21(30)14-12-19)35-37(25)27(38)17-40-29-34-33-26(36(29)2)16-32-28(39)22-5-3-4-6-23(22)31/h3-14,25H,15-17H2,1-2H3,(H,32,39). The summed E-state index contributed by atoms with van der Waals surface area (Å²) in [4.78, 5) is 25.8. The van der Waals surface area contributed by atoms with Gasteiger partial charge in [0.15, 0.2) is 11.0 Å². The molecule has 1 aliphatic heterocycles. The minimum atomic E-state index is -0.593. The summed E-state index contributed by atoms with van der Waals surface area (Å²) in [5.74, 6) is -0.702. The lowest BCUT2D eigenvalue weighted by atomic mass is 9.98. The summed E-state index contributed by atoms with van der Waals surface area (Å²) in [5.41, 5.74) is 3.95. The summed E-state index contributed by atoms with van der Waals surface area (Å²) in [6.45, 7) is 2.09. The van der Waals surface area contributed by atoms with Crippen LogP contribution >= 0.6 is 27.7 Å². The summed E-state index contributed by atoms with van der Waals surface area (Å²) in [7, 11) is 1.76. The predicted molar refractivity (Wildman–Crippen MR) is 155 cm³/mol. The maximum atomic E-state index is 13.9. The molecule has 11 heteroatoms. The molecule has 0 saturated carbocycles. The molecule has 2 heterocycles. The normalized spacial score (nSPS) is 14.8. The first-order valence-electron chi connectivity index (χ1n) is 12.6. The molecule has 1 aromatic heterocycles. The maximum Gasteiger partial charge on any atom is 0.254 e. The number of aryl methyl sites for hydroxylation is 1. The van der Waals surface area contributed by atoms with Crippen LogP contribution in [-0.4, -0.2) is 43.1 Å². The van der Waals surface area contributed by atoms with Crippen molar-refractivity contribution in [3.63, 3.8) is 0 Å². The highest BCUT2D eigenvalue weighted by Gasteiger charge is 2.33. The molecule has 0 spiro atoms. The van der Waals surface area contributed by atoms with Gasteiger partial charge in [0.2, 0.25) is 0 Å². The molecule has 0 fully saturated rings. The molecule has 204 valence electrons. The van der Waals surface area contributed by atoms with Crippen molar-refractivity contribution in [2.45, 2.75) is 31.1 Å². The molecule has 2 amide bonds. The van der Waals surface area contributed by atoms with E-state index in [9.17, 15) is 14.0 Å². The number of nitrogens with one attached hydrogen (secondary N) is 1. The van der Waals surface area contributed by atoms with Crippen LogP contribution in [0, 0.1) is 12.7 Å². The molecule has 5 rings (SSSR count). The molecule has 1 N–H and O–H groups in total. The van der Waals surface area contributed by atoms with Crippen molar-refractivity contribution in [3.8, 4) is 0 Å². The Morgan fingerprint density at radius 1 is 1.05 bits per heavy atom. The number of benzene rings is 3. The zero-order valence-corrected chi connectivity index (χ0v) is 24.2. The van der Waals surface area contributed by atoms with Crippen LogP contribution < -0.4 is 5.32 Å². The molecule has 4 aromatic rings. The van der Waals surface area contributed by atoms with Crippen molar-refractivity contribution < 1.29 is 14.0 Å². The Labute approximate surface area is 243 Å². The van der Waals surface area contributed by atoms with Crippen LogP contribution in [0.1, 0.15) is 45.3 Å². The first-order chi connectivity index (χ1) is 19.3. The molecule has 0 saturated heterocycles. The van der Waals surface area contributed by atoms with Gasteiger partial charge in [-0.3, -0.25) is 9.59 Å². The fourth-order valence-corrected chi connectivity index (χ4v) is 5.37. The minimum absolute atomic E-state index is 0.0401. The lowest BCUT2D eigenvalue weighted by Crippen LogP contribution is -2.28. The molecule has 1 aliphatic rings. The van der Waals surface area contributed by atoms with E-state index in [4.69, 9.17) is 5.10 Å². The number of hydrazone groups is 1. The smallest absolute Gasteiger partial charge is 0.254 e. The molecular weight excluding hydrogens is 595 g/mol. The van der Waals surface area contributed by atoms with Gasteiger partial charge in [-0.1, -0.05) is 81.8 Å². The predicted octanol–water partition coefficient (Wildman–Crippen LogP) is 5.43. The van der Waals surface area contributed by atoms with Crippen LogP contribution in [0.2, 0.25) is 0 Å². The number of aromatic nitrogens is 3. The van der Waals surface area contributed by atoms with Gasteiger partial charge in [0.1, 0.15) is 5.82 Å². The van der Waals surface area contributed by atoms with Crippen molar-refractivity contribution in [1.82, 2.24) is 25.1 Å². The fraction of sp³-hybridized carbons (Fsp3) is 0.207. The van der Waals surface area contributed by atoms with E-state index in [2.05, 4.69) is 31.4 Å². The molecule has 1 unspecified atom stereocenters. The van der Waals surface area contributed by atoms with Crippen molar-refractivity contribution in [2.24, 2.45) is 12.1 Å². The lowest BCUT2D eigenvalue weighted by molar-refractivity contribution is -0.130. The maximum absolute atomic E-state index is 13.9. The summed E-state index contributed by atoms with van der Waals surface area (Å²) in [6, 6.07) is 21.6. The number of hydrogen-bond donors (Lipinski definition) is 1. The number of thioether (sulfide) groups is 1. The highest BCUT2D eigenvalue weighted by molar-refractivity contribution is 9.10. The molecule has 8 nitrogen and oxygen atoms in total. The summed E-state index contributed by atoms with van der Waals surface area (Å²) >= 11 is 4.71. The van der Waals surface area contributed by atoms with Crippen molar-refractivity contribution in [3.05, 3.63) is 111 Å². The average molecular weight is 622 g/mol. The second-order valence-electron chi connectivity index (χ2n) is 9.33. The number of carbonyl (C=O) groups is 2. The largest absolute Gasteiger partial charge is 0.345 e. The van der Waals surface area contributed by atoms with Gasteiger partial charge in [-0.2, -0.15) is 5.10 Å². The van der Waals surface area contributed by atoms with Crippen LogP contribution in [0.4, 0.5) is 4.39 Å². The quantitative estimate of drug-likeness (QED) is 0.265. The number of carbonyl (C=O) groups excluding carboxylic acids is 2. The molecular formula is C29H26BrFN6O2S. The molecule has 0 radical (unpaired) electrons. The minimum Gasteiger partial charge on any atom is -0.345 e. The number of nitrogens with zero attached hydrogens (tertiary/aromatic N) is 5. The highest BCUT2D eigenvalue weighted by atomic mass is 79.9. The van der Waals surface area contributed by atoms with Gasteiger partial charge in [-0.05, 0) is 42.3 Å². The van der Waals surface area contributed by atoms with Crippen LogP contribution in [-0.2, 0) is 18.4 Å². The van der Waals surface area contributed by atoms with Gasteiger partial charge in [-0.25, -0.2) is 9.40 Å². The lowest BCUT2D eigenvalue weighted by Gasteiger charge is -2.22.